The zero-order valence-electron chi connectivity index (χ0n) is 53.2. The van der Waals surface area contributed by atoms with Gasteiger partial charge in [0.1, 0.15) is 49.3 Å². The number of hydrogen-bond donors (Lipinski definition) is 4. The van der Waals surface area contributed by atoms with E-state index in [9.17, 15) is 33.6 Å². The maximum Gasteiger partial charge on any atom is 0.359 e. The number of esters is 2. The topological polar surface area (TPSA) is 383 Å². The molecule has 6 aromatic rings. The fourth-order valence-electron chi connectivity index (χ4n) is 9.38. The molecule has 2 aliphatic rings. The lowest BCUT2D eigenvalue weighted by molar-refractivity contribution is -0.160. The number of ether oxygens (including phenoxy) is 7. The molecule has 502 valence electrons. The van der Waals surface area contributed by atoms with Crippen LogP contribution in [0.1, 0.15) is 102 Å². The van der Waals surface area contributed by atoms with E-state index in [1.165, 1.54) is 58.8 Å². The molecule has 2 aliphatic heterocycles. The highest BCUT2D eigenvalue weighted by molar-refractivity contribution is 7.57. The Morgan fingerprint density at radius 3 is 1.59 bits per heavy atom. The second-order valence-electron chi connectivity index (χ2n) is 22.5. The summed E-state index contributed by atoms with van der Waals surface area (Å²) in [5.74, 6) is -0.219. The highest BCUT2D eigenvalue weighted by Gasteiger charge is 2.50. The smallest absolute Gasteiger partial charge is 0.359 e. The first-order valence-corrected chi connectivity index (χ1v) is 33.5. The Morgan fingerprint density at radius 2 is 1.15 bits per heavy atom. The van der Waals surface area contributed by atoms with Crippen molar-refractivity contribution in [2.75, 3.05) is 52.2 Å². The molecule has 2 unspecified atom stereocenters. The van der Waals surface area contributed by atoms with E-state index < -0.39 is 116 Å². The minimum atomic E-state index is -4.38. The summed E-state index contributed by atoms with van der Waals surface area (Å²) in [5, 5.41) is 14.8. The number of hydrogen-bond acceptors (Lipinski definition) is 25. The minimum absolute atomic E-state index is 0.0588. The van der Waals surface area contributed by atoms with E-state index >= 15 is 0 Å². The molecule has 31 nitrogen and oxygen atoms in total. The number of amides is 2. The number of nitrogens with one attached hydrogen (secondary N) is 2. The van der Waals surface area contributed by atoms with E-state index in [2.05, 4.69) is 46.6 Å². The number of fused-ring (bicyclic) bond motifs is 2. The molecule has 2 amide bonds. The highest BCUT2D eigenvalue weighted by atomic mass is 31.2. The minimum Gasteiger partial charge on any atom is -0.438 e. The molecule has 93 heavy (non-hydrogen) atoms. The Hall–Kier alpha value is -7.20. The maximum atomic E-state index is 14.2. The molecule has 34 heteroatoms. The first-order valence-electron chi connectivity index (χ1n) is 29.1. The maximum absolute atomic E-state index is 14.2. The molecule has 10 atom stereocenters. The summed E-state index contributed by atoms with van der Waals surface area (Å²) in [5.41, 5.74) is 1.25. The van der Waals surface area contributed by atoms with Gasteiger partial charge in [0.15, 0.2) is 46.4 Å². The van der Waals surface area contributed by atoms with Crippen molar-refractivity contribution >= 4 is 81.4 Å². The SMILES string of the molecule is CO[C@@H]1[C@H](OC)[C@@H](/C=C/P(=O)(O)O)O[C@H]1n1cnc2c(NC(=O)c3ccccc3)ncnc21.CO[C@@H]1[C@H](OP(OCCC#N)N(C(C)C)C(C)C)[C@@H](/C=C/P(=O)(OCOC(=O)C(C)C)OCOC(=O)C(C)(C)C)O[C@H]1n1cnc2c(NC(=O)c3ccccc3)ncnc21. The number of imidazole rings is 2. The van der Waals surface area contributed by atoms with Crippen LogP contribution in [0.25, 0.3) is 22.3 Å². The number of benzene rings is 2. The number of aromatic nitrogens is 8. The molecular formula is C59H77N12O19P3. The third kappa shape index (κ3) is 19.2. The number of carbonyl (C=O) groups is 4. The molecule has 2 saturated heterocycles. The van der Waals surface area contributed by atoms with Gasteiger partial charge < -0.3 is 62.6 Å². The second-order valence-corrected chi connectivity index (χ2v) is 27.3. The number of nitriles is 1. The van der Waals surface area contributed by atoms with Gasteiger partial charge in [-0.15, -0.1) is 0 Å². The average molecular weight is 1350 g/mol. The van der Waals surface area contributed by atoms with Gasteiger partial charge in [-0.25, -0.2) is 34.6 Å². The second kappa shape index (κ2) is 33.3. The van der Waals surface area contributed by atoms with Crippen molar-refractivity contribution in [1.29, 1.82) is 5.26 Å². The Balaban J connectivity index is 0.000000310. The Morgan fingerprint density at radius 1 is 0.688 bits per heavy atom. The molecule has 0 aliphatic carbocycles. The van der Waals surface area contributed by atoms with Crippen LogP contribution < -0.4 is 10.6 Å². The summed E-state index contributed by atoms with van der Waals surface area (Å²) in [6, 6.07) is 19.3. The average Bonchev–Trinajstić information content (AvgIpc) is 1.62. The number of carbonyl (C=O) groups excluding carboxylic acids is 4. The lowest BCUT2D eigenvalue weighted by Crippen LogP contribution is -2.39. The van der Waals surface area contributed by atoms with Gasteiger partial charge >= 0.3 is 27.1 Å². The lowest BCUT2D eigenvalue weighted by Gasteiger charge is -2.38. The van der Waals surface area contributed by atoms with E-state index in [1.807, 2.05) is 38.4 Å². The molecule has 0 spiro atoms. The van der Waals surface area contributed by atoms with Gasteiger partial charge in [0.05, 0.1) is 43.1 Å². The standard InChI is InChI=1S/C39H55N7O12P2.C20H22N5O7P/c1-25(2)37(48)52-23-55-60(50,56-24-53-38(49)39(7,8)9)20-17-29-31(58-59(54-19-14-18-40)46(26(3)4)27(5)6)32(51-10)36(57-29)45-22-43-30-33(41-21-42-34(30)45)44-35(47)28-15-12-11-13-16-28;1-30-15-13(8-9-33(27,28)29)32-20(16(15)31-2)25-11-23-14-17(21-10-22-18(14)25)24-19(26)12-6-4-3-5-7-12/h11-13,15-17,20-22,25-27,29,31-32,36H,14,19,23-24H2,1-10H3,(H,41,42,44,47);3-11,13,15-16,20H,1-2H3,(H2,27,28,29)(H,21,22,24,26)/b20-17+;9-8+/t29-,31-,32-,36-,59?,60?;13-,15-,16-,20-/m11/s1. The van der Waals surface area contributed by atoms with E-state index in [4.69, 9.17) is 61.0 Å². The van der Waals surface area contributed by atoms with E-state index in [0.29, 0.717) is 22.3 Å². The third-order valence-corrected chi connectivity index (χ3v) is 18.0. The molecule has 8 rings (SSSR count). The molecule has 0 bridgehead atoms. The number of nitrogens with zero attached hydrogens (tertiary/aromatic N) is 10. The van der Waals surface area contributed by atoms with Gasteiger partial charge in [-0.2, -0.15) is 5.26 Å². The third-order valence-electron chi connectivity index (χ3n) is 13.8. The molecule has 0 saturated carbocycles. The van der Waals surface area contributed by atoms with Crippen LogP contribution in [0.15, 0.2) is 110 Å². The van der Waals surface area contributed by atoms with Crippen molar-refractivity contribution in [3.05, 3.63) is 121 Å². The van der Waals surface area contributed by atoms with Crippen LogP contribution in [0.4, 0.5) is 11.6 Å². The van der Waals surface area contributed by atoms with Crippen molar-refractivity contribution in [3.63, 3.8) is 0 Å². The largest absolute Gasteiger partial charge is 0.438 e. The zero-order chi connectivity index (χ0) is 67.8. The fraction of sp³-hybridized carbons (Fsp3) is 0.475. The van der Waals surface area contributed by atoms with Crippen molar-refractivity contribution in [2.24, 2.45) is 11.3 Å². The number of methoxy groups -OCH3 is 3. The fourth-order valence-corrected chi connectivity index (χ4v) is 12.6. The van der Waals surface area contributed by atoms with Crippen LogP contribution in [0.2, 0.25) is 0 Å². The summed E-state index contributed by atoms with van der Waals surface area (Å²) in [6.45, 7) is 14.7. The Labute approximate surface area is 538 Å². The summed E-state index contributed by atoms with van der Waals surface area (Å²) in [6.07, 6.45) is 1.39. The Kier molecular flexibility index (Phi) is 26.2. The van der Waals surface area contributed by atoms with Gasteiger partial charge in [-0.3, -0.25) is 46.5 Å². The van der Waals surface area contributed by atoms with Crippen molar-refractivity contribution in [1.82, 2.24) is 43.7 Å². The molecule has 4 aromatic heterocycles. The molecule has 0 radical (unpaired) electrons. The van der Waals surface area contributed by atoms with Crippen molar-refractivity contribution < 1.29 is 89.3 Å². The summed E-state index contributed by atoms with van der Waals surface area (Å²) in [7, 11) is -6.23. The van der Waals surface area contributed by atoms with E-state index in [-0.39, 0.29) is 53.8 Å². The van der Waals surface area contributed by atoms with Crippen LogP contribution in [-0.4, -0.2) is 167 Å². The molecular weight excluding hydrogens is 1270 g/mol. The van der Waals surface area contributed by atoms with Gasteiger partial charge in [0.25, 0.3) is 20.3 Å². The van der Waals surface area contributed by atoms with Crippen LogP contribution in [0, 0.1) is 22.7 Å². The molecule has 2 fully saturated rings. The van der Waals surface area contributed by atoms with E-state index in [0.717, 1.165) is 11.6 Å². The van der Waals surface area contributed by atoms with Crippen LogP contribution in [-0.2, 0) is 70.0 Å². The highest BCUT2D eigenvalue weighted by Crippen LogP contribution is 2.54. The van der Waals surface area contributed by atoms with Crippen LogP contribution in [0.5, 0.6) is 0 Å². The predicted octanol–water partition coefficient (Wildman–Crippen LogP) is 8.79. The molecule has 6 heterocycles. The normalized spacial score (nSPS) is 21.1. The summed E-state index contributed by atoms with van der Waals surface area (Å²) in [4.78, 5) is 94.7. The Bertz CT molecular complexity index is 3680. The number of anilines is 2. The van der Waals surface area contributed by atoms with Gasteiger partial charge in [-0.05, 0) is 84.9 Å². The van der Waals surface area contributed by atoms with Gasteiger partial charge in [-0.1, -0.05) is 50.2 Å². The zero-order valence-corrected chi connectivity index (χ0v) is 55.9. The summed E-state index contributed by atoms with van der Waals surface area (Å²) < 4.78 is 94.9. The first-order chi connectivity index (χ1) is 44.2. The summed E-state index contributed by atoms with van der Waals surface area (Å²) >= 11 is 0. The monoisotopic (exact) mass is 1350 g/mol. The van der Waals surface area contributed by atoms with Gasteiger partial charge in [0.2, 0.25) is 13.6 Å². The van der Waals surface area contributed by atoms with Crippen LogP contribution in [0.3, 0.4) is 0 Å². The number of rotatable bonds is 28. The molecule has 4 N–H and O–H groups in total. The van der Waals surface area contributed by atoms with Crippen molar-refractivity contribution in [3.8, 4) is 6.07 Å². The quantitative estimate of drug-likeness (QED) is 0.0154. The van der Waals surface area contributed by atoms with Crippen molar-refractivity contribution in [2.45, 2.75) is 130 Å². The molecule has 2 aromatic carbocycles. The predicted molar refractivity (Wildman–Crippen MR) is 336 cm³/mol. The van der Waals surface area contributed by atoms with E-state index in [1.54, 1.807) is 98.4 Å². The van der Waals surface area contributed by atoms with Crippen LogP contribution >= 0.6 is 23.7 Å². The lowest BCUT2D eigenvalue weighted by atomic mass is 9.98. The first kappa shape index (κ1) is 73.2. The van der Waals surface area contributed by atoms with Gasteiger partial charge in [0, 0.05) is 56.2 Å².